The SMILES string of the molecule is CC(C)(C#N)CCCCNC1CCC1. The highest BCUT2D eigenvalue weighted by Gasteiger charge is 2.17. The Hall–Kier alpha value is -0.550. The number of rotatable bonds is 6. The van der Waals surface area contributed by atoms with Crippen LogP contribution in [0.1, 0.15) is 52.4 Å². The van der Waals surface area contributed by atoms with Crippen molar-refractivity contribution in [3.8, 4) is 6.07 Å². The van der Waals surface area contributed by atoms with Gasteiger partial charge in [0.05, 0.1) is 11.5 Å². The van der Waals surface area contributed by atoms with Gasteiger partial charge in [0.15, 0.2) is 0 Å². The minimum Gasteiger partial charge on any atom is -0.314 e. The van der Waals surface area contributed by atoms with Crippen LogP contribution < -0.4 is 5.32 Å². The summed E-state index contributed by atoms with van der Waals surface area (Å²) in [6.07, 6.45) is 7.53. The van der Waals surface area contributed by atoms with E-state index < -0.39 is 0 Å². The van der Waals surface area contributed by atoms with Gasteiger partial charge in [-0.15, -0.1) is 0 Å². The highest BCUT2D eigenvalue weighted by atomic mass is 14.9. The standard InChI is InChI=1S/C12H22N2/c1-12(2,10-13)8-3-4-9-14-11-6-5-7-11/h11,14H,3-9H2,1-2H3. The van der Waals surface area contributed by atoms with Crippen molar-refractivity contribution in [3.63, 3.8) is 0 Å². The molecule has 1 saturated carbocycles. The van der Waals surface area contributed by atoms with Crippen LogP contribution in [0.25, 0.3) is 0 Å². The van der Waals surface area contributed by atoms with Crippen molar-refractivity contribution >= 4 is 0 Å². The third-order valence-electron chi connectivity index (χ3n) is 3.07. The summed E-state index contributed by atoms with van der Waals surface area (Å²) in [5.74, 6) is 0. The Morgan fingerprint density at radius 2 is 2.07 bits per heavy atom. The lowest BCUT2D eigenvalue weighted by Crippen LogP contribution is -2.35. The average Bonchev–Trinajstić information content (AvgIpc) is 2.08. The van der Waals surface area contributed by atoms with E-state index in [1.807, 2.05) is 13.8 Å². The molecule has 1 aliphatic rings. The molecular weight excluding hydrogens is 172 g/mol. The Morgan fingerprint density at radius 3 is 2.57 bits per heavy atom. The molecule has 0 bridgehead atoms. The van der Waals surface area contributed by atoms with Crippen LogP contribution in [0.2, 0.25) is 0 Å². The molecule has 1 N–H and O–H groups in total. The summed E-state index contributed by atoms with van der Waals surface area (Å²) in [6, 6.07) is 3.15. The Labute approximate surface area is 87.7 Å². The first-order valence-electron chi connectivity index (χ1n) is 5.79. The summed E-state index contributed by atoms with van der Waals surface area (Å²) in [7, 11) is 0. The molecule has 2 nitrogen and oxygen atoms in total. The van der Waals surface area contributed by atoms with Crippen LogP contribution in [-0.2, 0) is 0 Å². The molecule has 0 aromatic carbocycles. The van der Waals surface area contributed by atoms with Crippen molar-refractivity contribution in [3.05, 3.63) is 0 Å². The van der Waals surface area contributed by atoms with Gasteiger partial charge in [-0.1, -0.05) is 12.8 Å². The van der Waals surface area contributed by atoms with E-state index in [-0.39, 0.29) is 5.41 Å². The average molecular weight is 194 g/mol. The van der Waals surface area contributed by atoms with E-state index in [1.54, 1.807) is 0 Å². The number of hydrogen-bond donors (Lipinski definition) is 1. The number of nitriles is 1. The molecule has 0 aromatic heterocycles. The molecule has 1 aliphatic carbocycles. The van der Waals surface area contributed by atoms with Gasteiger partial charge in [-0.05, 0) is 46.1 Å². The molecule has 0 aliphatic heterocycles. The molecular formula is C12H22N2. The van der Waals surface area contributed by atoms with Crippen molar-refractivity contribution in [2.24, 2.45) is 5.41 Å². The van der Waals surface area contributed by atoms with Crippen molar-refractivity contribution in [2.75, 3.05) is 6.54 Å². The first-order chi connectivity index (χ1) is 6.64. The number of unbranched alkanes of at least 4 members (excludes halogenated alkanes) is 1. The van der Waals surface area contributed by atoms with Crippen LogP contribution in [0.5, 0.6) is 0 Å². The van der Waals surface area contributed by atoms with Crippen LogP contribution in [0.15, 0.2) is 0 Å². The minimum absolute atomic E-state index is 0.129. The van der Waals surface area contributed by atoms with Crippen LogP contribution >= 0.6 is 0 Å². The monoisotopic (exact) mass is 194 g/mol. The number of hydrogen-bond acceptors (Lipinski definition) is 2. The number of nitrogens with zero attached hydrogens (tertiary/aromatic N) is 1. The lowest BCUT2D eigenvalue weighted by molar-refractivity contribution is 0.332. The molecule has 2 heteroatoms. The van der Waals surface area contributed by atoms with Crippen molar-refractivity contribution < 1.29 is 0 Å². The van der Waals surface area contributed by atoms with E-state index in [0.717, 1.165) is 19.0 Å². The molecule has 0 unspecified atom stereocenters. The predicted octanol–water partition coefficient (Wildman–Crippen LogP) is 2.85. The highest BCUT2D eigenvalue weighted by Crippen LogP contribution is 2.22. The molecule has 0 spiro atoms. The second-order valence-corrected chi connectivity index (χ2v) is 5.03. The third kappa shape index (κ3) is 4.11. The van der Waals surface area contributed by atoms with E-state index in [0.29, 0.717) is 0 Å². The number of nitrogens with one attached hydrogen (secondary N) is 1. The van der Waals surface area contributed by atoms with E-state index >= 15 is 0 Å². The van der Waals surface area contributed by atoms with Gasteiger partial charge in [-0.3, -0.25) is 0 Å². The zero-order valence-corrected chi connectivity index (χ0v) is 9.47. The Bertz CT molecular complexity index is 199. The molecule has 1 fully saturated rings. The van der Waals surface area contributed by atoms with Crippen molar-refractivity contribution in [1.82, 2.24) is 5.32 Å². The molecule has 0 atom stereocenters. The third-order valence-corrected chi connectivity index (χ3v) is 3.07. The molecule has 14 heavy (non-hydrogen) atoms. The highest BCUT2D eigenvalue weighted by molar-refractivity contribution is 4.91. The zero-order valence-electron chi connectivity index (χ0n) is 9.47. The van der Waals surface area contributed by atoms with Gasteiger partial charge in [0.2, 0.25) is 0 Å². The zero-order chi connectivity index (χ0) is 10.4. The Balaban J connectivity index is 1.91. The Kier molecular flexibility index (Phi) is 4.41. The first kappa shape index (κ1) is 11.5. The van der Waals surface area contributed by atoms with Gasteiger partial charge in [0, 0.05) is 6.04 Å². The van der Waals surface area contributed by atoms with Crippen LogP contribution in [-0.4, -0.2) is 12.6 Å². The second kappa shape index (κ2) is 5.36. The summed E-state index contributed by atoms with van der Waals surface area (Å²) in [4.78, 5) is 0. The Morgan fingerprint density at radius 1 is 1.36 bits per heavy atom. The van der Waals surface area contributed by atoms with Crippen LogP contribution in [0.3, 0.4) is 0 Å². The van der Waals surface area contributed by atoms with Gasteiger partial charge >= 0.3 is 0 Å². The van der Waals surface area contributed by atoms with Crippen molar-refractivity contribution in [2.45, 2.75) is 58.4 Å². The maximum atomic E-state index is 8.82. The summed E-state index contributed by atoms with van der Waals surface area (Å²) in [5.41, 5.74) is -0.129. The molecule has 0 aromatic rings. The molecule has 0 heterocycles. The van der Waals surface area contributed by atoms with Gasteiger partial charge < -0.3 is 5.32 Å². The maximum absolute atomic E-state index is 8.82. The molecule has 0 amide bonds. The lowest BCUT2D eigenvalue weighted by atomic mass is 9.89. The minimum atomic E-state index is -0.129. The van der Waals surface area contributed by atoms with Crippen LogP contribution in [0, 0.1) is 16.7 Å². The normalized spacial score (nSPS) is 17.5. The fourth-order valence-electron chi connectivity index (χ4n) is 1.67. The fraction of sp³-hybridized carbons (Fsp3) is 0.917. The summed E-state index contributed by atoms with van der Waals surface area (Å²) in [5, 5.41) is 12.4. The molecule has 1 rings (SSSR count). The van der Waals surface area contributed by atoms with E-state index in [2.05, 4.69) is 11.4 Å². The van der Waals surface area contributed by atoms with E-state index in [1.165, 1.54) is 32.1 Å². The lowest BCUT2D eigenvalue weighted by Gasteiger charge is -2.26. The van der Waals surface area contributed by atoms with E-state index in [4.69, 9.17) is 5.26 Å². The molecule has 80 valence electrons. The summed E-state index contributed by atoms with van der Waals surface area (Å²) in [6.45, 7) is 5.17. The maximum Gasteiger partial charge on any atom is 0.0683 e. The van der Waals surface area contributed by atoms with E-state index in [9.17, 15) is 0 Å². The van der Waals surface area contributed by atoms with Gasteiger partial charge in [0.25, 0.3) is 0 Å². The summed E-state index contributed by atoms with van der Waals surface area (Å²) >= 11 is 0. The summed E-state index contributed by atoms with van der Waals surface area (Å²) < 4.78 is 0. The first-order valence-corrected chi connectivity index (χ1v) is 5.79. The molecule has 0 saturated heterocycles. The molecule has 0 radical (unpaired) electrons. The second-order valence-electron chi connectivity index (χ2n) is 5.03. The van der Waals surface area contributed by atoms with Crippen LogP contribution in [0.4, 0.5) is 0 Å². The smallest absolute Gasteiger partial charge is 0.0683 e. The topological polar surface area (TPSA) is 35.8 Å². The van der Waals surface area contributed by atoms with Gasteiger partial charge in [-0.2, -0.15) is 5.26 Å². The van der Waals surface area contributed by atoms with Gasteiger partial charge in [-0.25, -0.2) is 0 Å². The largest absolute Gasteiger partial charge is 0.314 e. The van der Waals surface area contributed by atoms with Crippen molar-refractivity contribution in [1.29, 1.82) is 5.26 Å². The predicted molar refractivity (Wildman–Crippen MR) is 58.9 cm³/mol. The van der Waals surface area contributed by atoms with Gasteiger partial charge in [0.1, 0.15) is 0 Å². The quantitative estimate of drug-likeness (QED) is 0.660. The fourth-order valence-corrected chi connectivity index (χ4v) is 1.67.